The molecule has 27 heavy (non-hydrogen) atoms. The van der Waals surface area contributed by atoms with Crippen LogP contribution in [0.3, 0.4) is 0 Å². The van der Waals surface area contributed by atoms with Gasteiger partial charge in [0.1, 0.15) is 17.5 Å². The first-order valence-corrected chi connectivity index (χ1v) is 8.27. The predicted molar refractivity (Wildman–Crippen MR) is 95.5 cm³/mol. The van der Waals surface area contributed by atoms with Gasteiger partial charge < -0.3 is 14.2 Å². The molecule has 0 aliphatic carbocycles. The van der Waals surface area contributed by atoms with Crippen molar-refractivity contribution in [3.8, 4) is 23.3 Å². The molecule has 0 bridgehead atoms. The smallest absolute Gasteiger partial charge is 0.263 e. The van der Waals surface area contributed by atoms with E-state index >= 15 is 0 Å². The lowest BCUT2D eigenvalue weighted by atomic mass is 10.1. The Hall–Kier alpha value is -2.93. The van der Waals surface area contributed by atoms with Gasteiger partial charge in [-0.3, -0.25) is 0 Å². The van der Waals surface area contributed by atoms with Crippen LogP contribution in [0.1, 0.15) is 11.1 Å². The van der Waals surface area contributed by atoms with Crippen LogP contribution in [0.25, 0.3) is 0 Å². The molecule has 2 aromatic heterocycles. The number of aromatic nitrogens is 2. The normalized spacial score (nSPS) is 10.6. The van der Waals surface area contributed by atoms with Gasteiger partial charge in [0.25, 0.3) is 11.8 Å². The highest BCUT2D eigenvalue weighted by Crippen LogP contribution is 2.36. The standard InChI is InChI=1S/C19H15ClF2N2O3/c1-11-5-3-4-6-12(11)10-26-18-15(21)17(25-2)16(22)19(24-18)27-13-7-8-23-14(20)9-13/h3-9H,10H2,1-2H3. The Bertz CT molecular complexity index is 970. The zero-order valence-corrected chi connectivity index (χ0v) is 15.3. The summed E-state index contributed by atoms with van der Waals surface area (Å²) in [7, 11) is 1.14. The van der Waals surface area contributed by atoms with Crippen LogP contribution in [0.15, 0.2) is 42.6 Å². The van der Waals surface area contributed by atoms with Crippen LogP contribution < -0.4 is 14.2 Å². The zero-order valence-electron chi connectivity index (χ0n) is 14.5. The molecule has 0 fully saturated rings. The first kappa shape index (κ1) is 18.8. The van der Waals surface area contributed by atoms with Crippen LogP contribution in [0.4, 0.5) is 8.78 Å². The number of nitrogens with zero attached hydrogens (tertiary/aromatic N) is 2. The number of benzene rings is 1. The minimum absolute atomic E-state index is 0.0475. The maximum absolute atomic E-state index is 14.5. The van der Waals surface area contributed by atoms with E-state index in [1.807, 2.05) is 31.2 Å². The summed E-state index contributed by atoms with van der Waals surface area (Å²) in [6.07, 6.45) is 1.38. The summed E-state index contributed by atoms with van der Waals surface area (Å²) in [4.78, 5) is 7.61. The third-order valence-electron chi connectivity index (χ3n) is 3.72. The van der Waals surface area contributed by atoms with Crippen molar-refractivity contribution in [1.82, 2.24) is 9.97 Å². The predicted octanol–water partition coefficient (Wildman–Crippen LogP) is 5.10. The molecule has 0 amide bonds. The van der Waals surface area contributed by atoms with E-state index in [2.05, 4.69) is 9.97 Å². The molecular weight excluding hydrogens is 378 g/mol. The van der Waals surface area contributed by atoms with Crippen molar-refractivity contribution in [2.45, 2.75) is 13.5 Å². The molecule has 0 aliphatic heterocycles. The topological polar surface area (TPSA) is 53.5 Å². The van der Waals surface area contributed by atoms with E-state index < -0.39 is 29.1 Å². The molecule has 0 atom stereocenters. The highest BCUT2D eigenvalue weighted by Gasteiger charge is 2.24. The van der Waals surface area contributed by atoms with Crippen molar-refractivity contribution in [2.24, 2.45) is 0 Å². The second-order valence-electron chi connectivity index (χ2n) is 5.51. The fourth-order valence-electron chi connectivity index (χ4n) is 2.30. The molecule has 0 aliphatic rings. The maximum Gasteiger partial charge on any atom is 0.263 e. The maximum atomic E-state index is 14.5. The van der Waals surface area contributed by atoms with Crippen LogP contribution in [0.5, 0.6) is 23.3 Å². The zero-order chi connectivity index (χ0) is 19.4. The largest absolute Gasteiger partial charge is 0.491 e. The Morgan fingerprint density at radius 3 is 2.52 bits per heavy atom. The second-order valence-corrected chi connectivity index (χ2v) is 5.90. The summed E-state index contributed by atoms with van der Waals surface area (Å²) in [6, 6.07) is 10.3. The third-order valence-corrected chi connectivity index (χ3v) is 3.93. The van der Waals surface area contributed by atoms with Crippen LogP contribution in [0, 0.1) is 18.6 Å². The first-order valence-electron chi connectivity index (χ1n) is 7.89. The summed E-state index contributed by atoms with van der Waals surface area (Å²) in [5, 5.41) is 0.151. The summed E-state index contributed by atoms with van der Waals surface area (Å²) in [5.41, 5.74) is 1.81. The number of hydrogen-bond donors (Lipinski definition) is 0. The highest BCUT2D eigenvalue weighted by atomic mass is 35.5. The number of ether oxygens (including phenoxy) is 3. The average molecular weight is 393 g/mol. The molecule has 8 heteroatoms. The number of aryl methyl sites for hydroxylation is 1. The third kappa shape index (κ3) is 4.25. The lowest BCUT2D eigenvalue weighted by molar-refractivity contribution is 0.256. The summed E-state index contributed by atoms with van der Waals surface area (Å²) >= 11 is 5.78. The van der Waals surface area contributed by atoms with Gasteiger partial charge in [0.05, 0.1) is 7.11 Å². The van der Waals surface area contributed by atoms with Gasteiger partial charge in [0.2, 0.25) is 17.4 Å². The van der Waals surface area contributed by atoms with E-state index in [9.17, 15) is 8.78 Å². The molecule has 3 rings (SSSR count). The summed E-state index contributed by atoms with van der Waals surface area (Å²) < 4.78 is 44.6. The molecule has 0 spiro atoms. The molecule has 5 nitrogen and oxygen atoms in total. The Kier molecular flexibility index (Phi) is 5.71. The van der Waals surface area contributed by atoms with Gasteiger partial charge in [-0.2, -0.15) is 13.8 Å². The fraction of sp³-hybridized carbons (Fsp3) is 0.158. The lowest BCUT2D eigenvalue weighted by Crippen LogP contribution is -2.06. The van der Waals surface area contributed by atoms with E-state index in [0.717, 1.165) is 18.2 Å². The number of rotatable bonds is 6. The minimum atomic E-state index is -1.09. The molecule has 0 radical (unpaired) electrons. The van der Waals surface area contributed by atoms with E-state index in [1.54, 1.807) is 0 Å². The van der Waals surface area contributed by atoms with Crippen molar-refractivity contribution in [3.05, 3.63) is 70.5 Å². The molecule has 0 saturated carbocycles. The Balaban J connectivity index is 1.92. The van der Waals surface area contributed by atoms with Crippen molar-refractivity contribution < 1.29 is 23.0 Å². The minimum Gasteiger partial charge on any atom is -0.491 e. The lowest BCUT2D eigenvalue weighted by Gasteiger charge is -2.14. The fourth-order valence-corrected chi connectivity index (χ4v) is 2.47. The van der Waals surface area contributed by atoms with Gasteiger partial charge in [-0.25, -0.2) is 4.98 Å². The van der Waals surface area contributed by atoms with Crippen LogP contribution in [-0.4, -0.2) is 17.1 Å². The van der Waals surface area contributed by atoms with E-state index in [0.29, 0.717) is 0 Å². The molecule has 3 aromatic rings. The molecule has 1 aromatic carbocycles. The second kappa shape index (κ2) is 8.18. The van der Waals surface area contributed by atoms with E-state index in [-0.39, 0.29) is 17.5 Å². The number of methoxy groups -OCH3 is 1. The van der Waals surface area contributed by atoms with Gasteiger partial charge in [0.15, 0.2) is 0 Å². The Morgan fingerprint density at radius 2 is 1.81 bits per heavy atom. The van der Waals surface area contributed by atoms with E-state index in [4.69, 9.17) is 25.8 Å². The Labute approximate surface area is 159 Å². The Morgan fingerprint density at radius 1 is 1.07 bits per heavy atom. The molecule has 2 heterocycles. The van der Waals surface area contributed by atoms with Crippen molar-refractivity contribution in [2.75, 3.05) is 7.11 Å². The van der Waals surface area contributed by atoms with Crippen LogP contribution in [-0.2, 0) is 6.61 Å². The van der Waals surface area contributed by atoms with Crippen molar-refractivity contribution >= 4 is 11.6 Å². The quantitative estimate of drug-likeness (QED) is 0.546. The average Bonchev–Trinajstić information content (AvgIpc) is 2.65. The molecule has 0 saturated heterocycles. The van der Waals surface area contributed by atoms with Gasteiger partial charge in [-0.05, 0) is 24.1 Å². The van der Waals surface area contributed by atoms with Crippen LogP contribution in [0.2, 0.25) is 5.15 Å². The molecule has 0 N–H and O–H groups in total. The van der Waals surface area contributed by atoms with Gasteiger partial charge in [-0.15, -0.1) is 0 Å². The van der Waals surface area contributed by atoms with Gasteiger partial charge in [0, 0.05) is 12.3 Å². The van der Waals surface area contributed by atoms with Crippen molar-refractivity contribution in [1.29, 1.82) is 0 Å². The summed E-state index contributed by atoms with van der Waals surface area (Å²) in [6.45, 7) is 1.95. The monoisotopic (exact) mass is 392 g/mol. The molecule has 0 unspecified atom stereocenters. The number of halogens is 3. The van der Waals surface area contributed by atoms with E-state index in [1.165, 1.54) is 18.3 Å². The van der Waals surface area contributed by atoms with Gasteiger partial charge >= 0.3 is 0 Å². The highest BCUT2D eigenvalue weighted by molar-refractivity contribution is 6.29. The summed E-state index contributed by atoms with van der Waals surface area (Å²) in [5.74, 6) is -3.56. The van der Waals surface area contributed by atoms with Gasteiger partial charge in [-0.1, -0.05) is 35.9 Å². The molecular formula is C19H15ClF2N2O3. The van der Waals surface area contributed by atoms with Crippen molar-refractivity contribution in [3.63, 3.8) is 0 Å². The number of hydrogen-bond acceptors (Lipinski definition) is 5. The first-order chi connectivity index (χ1) is 13.0. The SMILES string of the molecule is COc1c(F)c(OCc2ccccc2C)nc(Oc2ccnc(Cl)c2)c1F. The number of pyridine rings is 2. The molecule has 140 valence electrons. The van der Waals surface area contributed by atoms with Crippen LogP contribution >= 0.6 is 11.6 Å².